The molecule has 142 valence electrons. The normalized spacial score (nSPS) is 10.3. The van der Waals surface area contributed by atoms with Gasteiger partial charge in [-0.1, -0.05) is 0 Å². The van der Waals surface area contributed by atoms with Crippen LogP contribution >= 0.6 is 8.69 Å². The molecule has 0 aromatic carbocycles. The van der Waals surface area contributed by atoms with Crippen molar-refractivity contribution in [3.8, 4) is 0 Å². The number of unbranched alkanes of at least 4 members (excludes halogenated alkanes) is 14. The first-order valence-electron chi connectivity index (χ1n) is 10.6. The third-order valence-corrected chi connectivity index (χ3v) is 6.16. The van der Waals surface area contributed by atoms with Crippen LogP contribution in [0.4, 0.5) is 0 Å². The van der Waals surface area contributed by atoms with Crippen LogP contribution in [0.15, 0.2) is 0 Å². The second-order valence-electron chi connectivity index (χ2n) is 6.89. The fourth-order valence-corrected chi connectivity index (χ4v) is 4.43. The van der Waals surface area contributed by atoms with Crippen molar-refractivity contribution in [1.29, 1.82) is 0 Å². The third kappa shape index (κ3) is 30.5. The standard InChI is InChI=1S/2C10H21.Al.HO2P/c2*1-3-5-7-9-10-8-6-4-2;;1-3-2/h2*1,3-10H2,2H3;;(H,1,2)/q;;+1;/p-1. The van der Waals surface area contributed by atoms with E-state index < -0.39 is 8.69 Å². The van der Waals surface area contributed by atoms with E-state index in [-0.39, 0.29) is 0 Å². The predicted octanol–water partition coefficient (Wildman–Crippen LogP) is 7.36. The Balaban J connectivity index is 0. The SMILES string of the molecule is CCCCCCCCC[CH2][Al+][CH2]CCCCCCCCC.O=P[O-]. The summed E-state index contributed by atoms with van der Waals surface area (Å²) in [5, 5.41) is 3.15. The summed E-state index contributed by atoms with van der Waals surface area (Å²) in [4.78, 5) is 8.35. The van der Waals surface area contributed by atoms with Crippen LogP contribution in [0.2, 0.25) is 10.6 Å². The molecule has 0 saturated heterocycles. The molecule has 0 aliphatic carbocycles. The number of rotatable bonds is 18. The van der Waals surface area contributed by atoms with Crippen LogP contribution in [0.3, 0.4) is 0 Å². The number of hydrogen-bond donors (Lipinski definition) is 0. The fourth-order valence-electron chi connectivity index (χ4n) is 2.99. The maximum Gasteiger partial charge on any atom is 0.0642 e. The molecule has 0 N–H and O–H groups in total. The summed E-state index contributed by atoms with van der Waals surface area (Å²) in [6, 6.07) is 0. The summed E-state index contributed by atoms with van der Waals surface area (Å²) in [5.41, 5.74) is 0. The van der Waals surface area contributed by atoms with Crippen molar-refractivity contribution in [3.05, 3.63) is 0 Å². The van der Waals surface area contributed by atoms with E-state index in [1.807, 2.05) is 0 Å². The van der Waals surface area contributed by atoms with Gasteiger partial charge in [0.05, 0.1) is 8.69 Å². The molecule has 2 nitrogen and oxygen atoms in total. The van der Waals surface area contributed by atoms with Gasteiger partial charge in [0.25, 0.3) is 0 Å². The Bertz CT molecular complexity index is 198. The minimum Gasteiger partial charge on any atom is -0.772 e. The molecule has 24 heavy (non-hydrogen) atoms. The van der Waals surface area contributed by atoms with Gasteiger partial charge >= 0.3 is 142 Å². The van der Waals surface area contributed by atoms with E-state index in [2.05, 4.69) is 13.8 Å². The number of hydrogen-bond acceptors (Lipinski definition) is 2. The molecule has 0 bridgehead atoms. The van der Waals surface area contributed by atoms with Crippen LogP contribution in [0.1, 0.15) is 117 Å². The van der Waals surface area contributed by atoms with Gasteiger partial charge in [0, 0.05) is 0 Å². The summed E-state index contributed by atoms with van der Waals surface area (Å²) >= 11 is 0.786. The van der Waals surface area contributed by atoms with Crippen molar-refractivity contribution in [3.63, 3.8) is 0 Å². The summed E-state index contributed by atoms with van der Waals surface area (Å²) in [6.45, 7) is 4.60. The topological polar surface area (TPSA) is 40.1 Å². The fraction of sp³-hybridized carbons (Fsp3) is 1.00. The molecule has 0 heterocycles. The Morgan fingerprint density at radius 3 is 1.12 bits per heavy atom. The van der Waals surface area contributed by atoms with E-state index in [0.29, 0.717) is 0 Å². The van der Waals surface area contributed by atoms with E-state index in [4.69, 9.17) is 9.46 Å². The summed E-state index contributed by atoms with van der Waals surface area (Å²) in [6.07, 6.45) is 23.6. The van der Waals surface area contributed by atoms with Crippen molar-refractivity contribution in [2.45, 2.75) is 127 Å². The summed E-state index contributed by atoms with van der Waals surface area (Å²) < 4.78 is 8.35. The van der Waals surface area contributed by atoms with Gasteiger partial charge in [0.1, 0.15) is 0 Å². The zero-order valence-electron chi connectivity index (χ0n) is 16.6. The molecule has 0 aromatic heterocycles. The van der Waals surface area contributed by atoms with Crippen molar-refractivity contribution in [2.24, 2.45) is 0 Å². The summed E-state index contributed by atoms with van der Waals surface area (Å²) in [7, 11) is -1.08. The molecule has 0 radical (unpaired) electrons. The first-order valence-corrected chi connectivity index (χ1v) is 13.0. The molecule has 0 spiro atoms. The van der Waals surface area contributed by atoms with Crippen molar-refractivity contribution >= 4 is 23.9 Å². The van der Waals surface area contributed by atoms with Crippen molar-refractivity contribution in [2.75, 3.05) is 0 Å². The van der Waals surface area contributed by atoms with Crippen molar-refractivity contribution < 1.29 is 9.46 Å². The molecule has 0 amide bonds. The molecule has 0 rings (SSSR count). The largest absolute Gasteiger partial charge is 0.772 e. The van der Waals surface area contributed by atoms with E-state index in [0.717, 1.165) is 15.2 Å². The Hall–Kier alpha value is 0.592. The second-order valence-corrected chi connectivity index (χ2v) is 8.77. The van der Waals surface area contributed by atoms with Gasteiger partial charge in [-0.25, -0.2) is 0 Å². The Morgan fingerprint density at radius 1 is 0.583 bits per heavy atom. The molecule has 4 heteroatoms. The van der Waals surface area contributed by atoms with Gasteiger partial charge in [0.15, 0.2) is 0 Å². The molecule has 0 atom stereocenters. The average molecular weight is 373 g/mol. The van der Waals surface area contributed by atoms with Crippen LogP contribution in [0, 0.1) is 0 Å². The molecular formula is C20H42AlO2P. The van der Waals surface area contributed by atoms with Gasteiger partial charge < -0.3 is 4.89 Å². The van der Waals surface area contributed by atoms with Gasteiger partial charge in [-0.05, 0) is 0 Å². The van der Waals surface area contributed by atoms with Crippen LogP contribution in [0.5, 0.6) is 0 Å². The molecule has 0 aliphatic heterocycles. The third-order valence-electron chi connectivity index (χ3n) is 4.52. The van der Waals surface area contributed by atoms with E-state index in [1.165, 1.54) is 103 Å². The van der Waals surface area contributed by atoms with E-state index >= 15 is 0 Å². The monoisotopic (exact) mass is 372 g/mol. The van der Waals surface area contributed by atoms with E-state index in [9.17, 15) is 0 Å². The van der Waals surface area contributed by atoms with E-state index in [1.54, 1.807) is 10.6 Å². The van der Waals surface area contributed by atoms with Crippen molar-refractivity contribution in [1.82, 2.24) is 0 Å². The first-order chi connectivity index (χ1) is 11.8. The molecule has 0 aliphatic rings. The average Bonchev–Trinajstić information content (AvgIpc) is 2.58. The quantitative estimate of drug-likeness (QED) is 0.143. The zero-order chi connectivity index (χ0) is 18.1. The van der Waals surface area contributed by atoms with Gasteiger partial charge in [-0.3, -0.25) is 4.57 Å². The smallest absolute Gasteiger partial charge is 0.0642 e. The van der Waals surface area contributed by atoms with Crippen LogP contribution in [-0.4, -0.2) is 15.2 Å². The van der Waals surface area contributed by atoms with Gasteiger partial charge in [-0.15, -0.1) is 0 Å². The second kappa shape index (κ2) is 28.4. The maximum absolute atomic E-state index is 8.35. The zero-order valence-corrected chi connectivity index (χ0v) is 18.6. The molecule has 0 unspecified atom stereocenters. The predicted molar refractivity (Wildman–Crippen MR) is 108 cm³/mol. The molecule has 0 aromatic rings. The molecule has 0 saturated carbocycles. The van der Waals surface area contributed by atoms with Crippen LogP contribution in [0.25, 0.3) is 0 Å². The summed E-state index contributed by atoms with van der Waals surface area (Å²) in [5.74, 6) is 0. The maximum atomic E-state index is 8.35. The van der Waals surface area contributed by atoms with Crippen LogP contribution in [-0.2, 0) is 4.57 Å². The first kappa shape index (κ1) is 26.8. The Kier molecular flexibility index (Phi) is 31.7. The van der Waals surface area contributed by atoms with Gasteiger partial charge in [0.2, 0.25) is 0 Å². The Labute approximate surface area is 160 Å². The molecular weight excluding hydrogens is 330 g/mol. The van der Waals surface area contributed by atoms with Gasteiger partial charge in [-0.2, -0.15) is 0 Å². The van der Waals surface area contributed by atoms with Crippen LogP contribution < -0.4 is 4.89 Å². The minimum absolute atomic E-state index is 0.786. The Morgan fingerprint density at radius 2 is 0.833 bits per heavy atom. The molecule has 0 fully saturated rings. The minimum atomic E-state index is -1.08.